The Kier molecular flexibility index (Phi) is 4.07. The van der Waals surface area contributed by atoms with Gasteiger partial charge in [0.2, 0.25) is 0 Å². The number of rotatable bonds is 5. The van der Waals surface area contributed by atoms with Crippen LogP contribution >= 0.6 is 0 Å². The lowest BCUT2D eigenvalue weighted by Gasteiger charge is -2.11. The van der Waals surface area contributed by atoms with E-state index in [1.165, 1.54) is 0 Å². The molecule has 1 heterocycles. The quantitative estimate of drug-likeness (QED) is 0.808. The van der Waals surface area contributed by atoms with Crippen LogP contribution in [0.2, 0.25) is 0 Å². The molecule has 100 valence electrons. The van der Waals surface area contributed by atoms with Crippen LogP contribution in [-0.2, 0) is 6.61 Å². The first-order valence-corrected chi connectivity index (χ1v) is 6.03. The first kappa shape index (κ1) is 13.0. The Labute approximate surface area is 111 Å². The third-order valence-corrected chi connectivity index (χ3v) is 2.54. The van der Waals surface area contributed by atoms with E-state index in [9.17, 15) is 4.79 Å². The molecule has 5 nitrogen and oxygen atoms in total. The van der Waals surface area contributed by atoms with Crippen molar-refractivity contribution in [3.05, 3.63) is 47.9 Å². The molecule has 0 spiro atoms. The zero-order valence-electron chi connectivity index (χ0n) is 10.7. The molecular formula is C14H16N2O3. The summed E-state index contributed by atoms with van der Waals surface area (Å²) in [5, 5.41) is 2.73. The zero-order valence-corrected chi connectivity index (χ0v) is 10.7. The first-order chi connectivity index (χ1) is 9.20. The van der Waals surface area contributed by atoms with Crippen molar-refractivity contribution in [2.45, 2.75) is 13.5 Å². The van der Waals surface area contributed by atoms with Gasteiger partial charge in [-0.25, -0.2) is 0 Å². The largest absolute Gasteiger partial charge is 0.485 e. The maximum Gasteiger partial charge on any atom is 0.255 e. The third kappa shape index (κ3) is 3.28. The van der Waals surface area contributed by atoms with Crippen LogP contribution in [0.4, 0.5) is 5.69 Å². The Bertz CT molecular complexity index is 550. The molecule has 1 aromatic carbocycles. The second kappa shape index (κ2) is 5.95. The highest BCUT2D eigenvalue weighted by Crippen LogP contribution is 2.23. The van der Waals surface area contributed by atoms with Gasteiger partial charge in [0.1, 0.15) is 18.1 Å². The highest BCUT2D eigenvalue weighted by atomic mass is 16.5. The molecule has 0 atom stereocenters. The number of nitrogens with one attached hydrogen (secondary N) is 1. The van der Waals surface area contributed by atoms with Gasteiger partial charge in [-0.15, -0.1) is 0 Å². The summed E-state index contributed by atoms with van der Waals surface area (Å²) < 4.78 is 10.8. The summed E-state index contributed by atoms with van der Waals surface area (Å²) in [4.78, 5) is 11.9. The average molecular weight is 260 g/mol. The smallest absolute Gasteiger partial charge is 0.255 e. The van der Waals surface area contributed by atoms with Crippen molar-refractivity contribution in [2.75, 3.05) is 12.3 Å². The fraction of sp³-hybridized carbons (Fsp3) is 0.214. The molecule has 0 bridgehead atoms. The Morgan fingerprint density at radius 3 is 2.95 bits per heavy atom. The number of carbonyl (C=O) groups excluding carboxylic acids is 1. The van der Waals surface area contributed by atoms with Crippen molar-refractivity contribution >= 4 is 11.6 Å². The molecule has 5 heteroatoms. The van der Waals surface area contributed by atoms with Crippen molar-refractivity contribution in [1.82, 2.24) is 5.32 Å². The standard InChI is InChI=1S/C14H16N2O3/c1-2-16-14(17)12-6-5-10(15)8-13(12)19-9-11-4-3-7-18-11/h3-8H,2,9,15H2,1H3,(H,16,17). The van der Waals surface area contributed by atoms with Crippen LogP contribution in [0.1, 0.15) is 23.0 Å². The third-order valence-electron chi connectivity index (χ3n) is 2.54. The number of nitrogens with two attached hydrogens (primary N) is 1. The molecule has 0 saturated heterocycles. The first-order valence-electron chi connectivity index (χ1n) is 6.03. The fourth-order valence-electron chi connectivity index (χ4n) is 1.65. The van der Waals surface area contributed by atoms with Gasteiger partial charge >= 0.3 is 0 Å². The summed E-state index contributed by atoms with van der Waals surface area (Å²) in [6.07, 6.45) is 1.57. The number of hydrogen-bond donors (Lipinski definition) is 2. The van der Waals surface area contributed by atoms with Crippen molar-refractivity contribution in [2.24, 2.45) is 0 Å². The monoisotopic (exact) mass is 260 g/mol. The van der Waals surface area contributed by atoms with Crippen LogP contribution in [0.5, 0.6) is 5.75 Å². The fourth-order valence-corrected chi connectivity index (χ4v) is 1.65. The summed E-state index contributed by atoms with van der Waals surface area (Å²) in [7, 11) is 0. The van der Waals surface area contributed by atoms with Crippen LogP contribution in [-0.4, -0.2) is 12.5 Å². The van der Waals surface area contributed by atoms with E-state index in [2.05, 4.69) is 5.32 Å². The zero-order chi connectivity index (χ0) is 13.7. The molecule has 0 saturated carbocycles. The molecule has 3 N–H and O–H groups in total. The summed E-state index contributed by atoms with van der Waals surface area (Å²) in [6, 6.07) is 8.54. The van der Waals surface area contributed by atoms with Crippen molar-refractivity contribution < 1.29 is 13.9 Å². The van der Waals surface area contributed by atoms with E-state index >= 15 is 0 Å². The lowest BCUT2D eigenvalue weighted by molar-refractivity contribution is 0.0951. The van der Waals surface area contributed by atoms with Crippen LogP contribution < -0.4 is 15.8 Å². The van der Waals surface area contributed by atoms with Crippen LogP contribution in [0.15, 0.2) is 41.0 Å². The predicted molar refractivity (Wildman–Crippen MR) is 71.9 cm³/mol. The molecule has 1 aromatic heterocycles. The Hall–Kier alpha value is -2.43. The van der Waals surface area contributed by atoms with Gasteiger partial charge in [0.25, 0.3) is 5.91 Å². The summed E-state index contributed by atoms with van der Waals surface area (Å²) >= 11 is 0. The maximum absolute atomic E-state index is 11.9. The van der Waals surface area contributed by atoms with E-state index in [0.717, 1.165) is 0 Å². The number of carbonyl (C=O) groups is 1. The number of hydrogen-bond acceptors (Lipinski definition) is 4. The van der Waals surface area contributed by atoms with E-state index in [1.54, 1.807) is 36.6 Å². The number of furan rings is 1. The molecular weight excluding hydrogens is 244 g/mol. The topological polar surface area (TPSA) is 77.5 Å². The van der Waals surface area contributed by atoms with E-state index in [4.69, 9.17) is 14.9 Å². The van der Waals surface area contributed by atoms with Gasteiger partial charge in [0.05, 0.1) is 11.8 Å². The van der Waals surface area contributed by atoms with Crippen LogP contribution in [0, 0.1) is 0 Å². The molecule has 19 heavy (non-hydrogen) atoms. The minimum atomic E-state index is -0.183. The lowest BCUT2D eigenvalue weighted by atomic mass is 10.1. The summed E-state index contributed by atoms with van der Waals surface area (Å²) in [5.41, 5.74) is 6.72. The average Bonchev–Trinajstić information content (AvgIpc) is 2.89. The number of anilines is 1. The van der Waals surface area contributed by atoms with Gasteiger partial charge in [-0.1, -0.05) is 0 Å². The SMILES string of the molecule is CCNC(=O)c1ccc(N)cc1OCc1ccco1. The number of ether oxygens (including phenoxy) is 1. The van der Waals surface area contributed by atoms with E-state index in [0.29, 0.717) is 29.3 Å². The van der Waals surface area contributed by atoms with Crippen molar-refractivity contribution in [1.29, 1.82) is 0 Å². The van der Waals surface area contributed by atoms with E-state index in [1.807, 2.05) is 6.92 Å². The van der Waals surface area contributed by atoms with Gasteiger partial charge in [0.15, 0.2) is 0 Å². The van der Waals surface area contributed by atoms with E-state index in [-0.39, 0.29) is 12.5 Å². The van der Waals surface area contributed by atoms with Gasteiger partial charge in [0, 0.05) is 18.3 Å². The minimum absolute atomic E-state index is 0.183. The molecule has 0 fully saturated rings. The molecule has 0 aliphatic carbocycles. The lowest BCUT2D eigenvalue weighted by Crippen LogP contribution is -2.23. The van der Waals surface area contributed by atoms with Crippen LogP contribution in [0.25, 0.3) is 0 Å². The number of nitrogen functional groups attached to an aromatic ring is 1. The summed E-state index contributed by atoms with van der Waals surface area (Å²) in [5.74, 6) is 0.948. The molecule has 0 radical (unpaired) electrons. The van der Waals surface area contributed by atoms with Crippen LogP contribution in [0.3, 0.4) is 0 Å². The van der Waals surface area contributed by atoms with E-state index < -0.39 is 0 Å². The molecule has 2 aromatic rings. The minimum Gasteiger partial charge on any atom is -0.485 e. The summed E-state index contributed by atoms with van der Waals surface area (Å²) in [6.45, 7) is 2.67. The molecule has 0 aliphatic heterocycles. The molecule has 0 unspecified atom stereocenters. The highest BCUT2D eigenvalue weighted by molar-refractivity contribution is 5.97. The Balaban J connectivity index is 2.17. The normalized spacial score (nSPS) is 10.2. The molecule has 0 aliphatic rings. The Morgan fingerprint density at radius 2 is 2.26 bits per heavy atom. The van der Waals surface area contributed by atoms with Gasteiger partial charge < -0.3 is 20.2 Å². The predicted octanol–water partition coefficient (Wildman–Crippen LogP) is 2.19. The highest BCUT2D eigenvalue weighted by Gasteiger charge is 2.12. The van der Waals surface area contributed by atoms with Gasteiger partial charge in [-0.2, -0.15) is 0 Å². The molecule has 2 rings (SSSR count). The van der Waals surface area contributed by atoms with Gasteiger partial charge in [-0.05, 0) is 31.2 Å². The number of amides is 1. The number of benzene rings is 1. The van der Waals surface area contributed by atoms with Gasteiger partial charge in [-0.3, -0.25) is 4.79 Å². The van der Waals surface area contributed by atoms with Crippen molar-refractivity contribution in [3.8, 4) is 5.75 Å². The second-order valence-corrected chi connectivity index (χ2v) is 3.98. The maximum atomic E-state index is 11.9. The Morgan fingerprint density at radius 1 is 1.42 bits per heavy atom. The van der Waals surface area contributed by atoms with Crippen molar-refractivity contribution in [3.63, 3.8) is 0 Å². The molecule has 1 amide bonds. The second-order valence-electron chi connectivity index (χ2n) is 3.98.